The summed E-state index contributed by atoms with van der Waals surface area (Å²) in [6.07, 6.45) is 7.16. The van der Waals surface area contributed by atoms with Crippen molar-refractivity contribution in [2.75, 3.05) is 0 Å². The number of carbonyl (C=O) groups is 1. The van der Waals surface area contributed by atoms with E-state index in [0.717, 1.165) is 22.1 Å². The Bertz CT molecular complexity index is 1290. The number of H-pyrrole nitrogens is 1. The Hall–Kier alpha value is -3.78. The summed E-state index contributed by atoms with van der Waals surface area (Å²) in [4.78, 5) is 25.9. The Morgan fingerprint density at radius 1 is 1.22 bits per heavy atom. The van der Waals surface area contributed by atoms with Crippen molar-refractivity contribution in [2.24, 2.45) is 5.73 Å². The van der Waals surface area contributed by atoms with Crippen molar-refractivity contribution < 1.29 is 13.9 Å². The molecule has 1 atom stereocenters. The topological polar surface area (TPSA) is 97.1 Å². The lowest BCUT2D eigenvalue weighted by atomic mass is 10.0. The minimum absolute atomic E-state index is 0.101. The van der Waals surface area contributed by atoms with Gasteiger partial charge in [-0.15, -0.1) is 0 Å². The third-order valence-corrected chi connectivity index (χ3v) is 5.76. The average molecular weight is 431 g/mol. The van der Waals surface area contributed by atoms with Crippen LogP contribution < -0.4 is 10.5 Å². The molecule has 7 nitrogen and oxygen atoms in total. The van der Waals surface area contributed by atoms with Crippen LogP contribution in [0.25, 0.3) is 11.0 Å². The highest BCUT2D eigenvalue weighted by Gasteiger charge is 2.27. The lowest BCUT2D eigenvalue weighted by molar-refractivity contribution is -0.133. The molecule has 162 valence electrons. The van der Waals surface area contributed by atoms with E-state index in [1.165, 1.54) is 6.07 Å². The molecule has 0 fully saturated rings. The monoisotopic (exact) mass is 431 g/mol. The predicted molar refractivity (Wildman–Crippen MR) is 117 cm³/mol. The lowest BCUT2D eigenvalue weighted by Crippen LogP contribution is -2.42. The minimum atomic E-state index is -0.759. The van der Waals surface area contributed by atoms with E-state index in [1.807, 2.05) is 19.2 Å². The van der Waals surface area contributed by atoms with Crippen molar-refractivity contribution in [1.82, 2.24) is 19.9 Å². The summed E-state index contributed by atoms with van der Waals surface area (Å²) >= 11 is 0. The summed E-state index contributed by atoms with van der Waals surface area (Å²) in [6, 6.07) is 7.52. The van der Waals surface area contributed by atoms with Gasteiger partial charge in [-0.05, 0) is 59.9 Å². The maximum absolute atomic E-state index is 14.8. The maximum atomic E-state index is 14.8. The molecule has 0 spiro atoms. The molecular weight excluding hydrogens is 409 g/mol. The van der Waals surface area contributed by atoms with Crippen LogP contribution in [-0.4, -0.2) is 31.8 Å². The number of benzene rings is 1. The van der Waals surface area contributed by atoms with E-state index >= 15 is 0 Å². The third kappa shape index (κ3) is 3.69. The van der Waals surface area contributed by atoms with E-state index in [2.05, 4.69) is 15.0 Å². The van der Waals surface area contributed by atoms with Gasteiger partial charge < -0.3 is 20.4 Å². The SMILES string of the molecule is Cc1c[nH]c2nccc(Oc3ccc(CC(N)C(=O)N4Cc5ccncc5C4)cc3F)c12. The van der Waals surface area contributed by atoms with E-state index in [-0.39, 0.29) is 18.1 Å². The Balaban J connectivity index is 1.28. The van der Waals surface area contributed by atoms with Crippen LogP contribution >= 0.6 is 0 Å². The molecule has 1 aliphatic heterocycles. The number of aryl methyl sites for hydroxylation is 1. The summed E-state index contributed by atoms with van der Waals surface area (Å²) in [5.41, 5.74) is 10.6. The normalized spacial score (nSPS) is 13.9. The fraction of sp³-hybridized carbons (Fsp3) is 0.208. The number of nitrogens with zero attached hydrogens (tertiary/aromatic N) is 3. The van der Waals surface area contributed by atoms with E-state index in [9.17, 15) is 9.18 Å². The maximum Gasteiger partial charge on any atom is 0.240 e. The molecule has 5 rings (SSSR count). The van der Waals surface area contributed by atoms with Gasteiger partial charge in [-0.2, -0.15) is 0 Å². The Kier molecular flexibility index (Phi) is 5.07. The van der Waals surface area contributed by atoms with Gasteiger partial charge in [0, 0.05) is 37.9 Å². The number of hydrogen-bond donors (Lipinski definition) is 2. The lowest BCUT2D eigenvalue weighted by Gasteiger charge is -2.20. The van der Waals surface area contributed by atoms with E-state index in [0.29, 0.717) is 30.0 Å². The fourth-order valence-electron chi connectivity index (χ4n) is 4.09. The third-order valence-electron chi connectivity index (χ3n) is 5.76. The molecular formula is C24H22FN5O2. The molecule has 1 aromatic carbocycles. The number of nitrogens with one attached hydrogen (secondary N) is 1. The van der Waals surface area contributed by atoms with E-state index in [4.69, 9.17) is 10.5 Å². The van der Waals surface area contributed by atoms with Crippen molar-refractivity contribution in [2.45, 2.75) is 32.5 Å². The zero-order valence-electron chi connectivity index (χ0n) is 17.5. The molecule has 4 heterocycles. The zero-order valence-corrected chi connectivity index (χ0v) is 17.5. The standard InChI is InChI=1S/C24H22FN5O2/c1-14-10-29-23-22(14)21(5-7-28-23)32-20-3-2-15(8-18(20)25)9-19(26)24(31)30-12-16-4-6-27-11-17(16)13-30/h2-8,10-11,19H,9,12-13,26H2,1H3,(H,28,29). The smallest absolute Gasteiger partial charge is 0.240 e. The highest BCUT2D eigenvalue weighted by molar-refractivity contribution is 5.86. The van der Waals surface area contributed by atoms with Gasteiger partial charge in [0.1, 0.15) is 11.4 Å². The first-order valence-electron chi connectivity index (χ1n) is 10.3. The first kappa shape index (κ1) is 20.1. The van der Waals surface area contributed by atoms with E-state index < -0.39 is 11.9 Å². The molecule has 0 radical (unpaired) electrons. The second-order valence-electron chi connectivity index (χ2n) is 8.02. The number of pyridine rings is 2. The van der Waals surface area contributed by atoms with Gasteiger partial charge >= 0.3 is 0 Å². The van der Waals surface area contributed by atoms with Gasteiger partial charge in [0.05, 0.1) is 11.4 Å². The number of aromatic amines is 1. The fourth-order valence-corrected chi connectivity index (χ4v) is 4.09. The molecule has 0 saturated carbocycles. The number of halogens is 1. The Morgan fingerprint density at radius 2 is 2.06 bits per heavy atom. The highest BCUT2D eigenvalue weighted by atomic mass is 19.1. The van der Waals surface area contributed by atoms with Crippen LogP contribution in [0.3, 0.4) is 0 Å². The van der Waals surface area contributed by atoms with Crippen LogP contribution in [0.5, 0.6) is 11.5 Å². The number of rotatable bonds is 5. The van der Waals surface area contributed by atoms with Gasteiger partial charge in [0.15, 0.2) is 11.6 Å². The average Bonchev–Trinajstić information content (AvgIpc) is 3.39. The first-order chi connectivity index (χ1) is 15.5. The van der Waals surface area contributed by atoms with Crippen molar-refractivity contribution in [3.05, 3.63) is 83.2 Å². The molecule has 1 amide bonds. The van der Waals surface area contributed by atoms with Crippen LogP contribution in [0.4, 0.5) is 4.39 Å². The second kappa shape index (κ2) is 8.05. The van der Waals surface area contributed by atoms with Crippen LogP contribution in [0, 0.1) is 12.7 Å². The molecule has 0 saturated heterocycles. The number of nitrogens with two attached hydrogens (primary N) is 1. The van der Waals surface area contributed by atoms with Gasteiger partial charge in [0.2, 0.25) is 5.91 Å². The van der Waals surface area contributed by atoms with Gasteiger partial charge in [-0.1, -0.05) is 6.07 Å². The van der Waals surface area contributed by atoms with Crippen LogP contribution in [-0.2, 0) is 24.3 Å². The van der Waals surface area contributed by atoms with Crippen molar-refractivity contribution in [1.29, 1.82) is 0 Å². The van der Waals surface area contributed by atoms with Crippen LogP contribution in [0.1, 0.15) is 22.3 Å². The summed E-state index contributed by atoms with van der Waals surface area (Å²) in [6.45, 7) is 2.95. The number of hydrogen-bond acceptors (Lipinski definition) is 5. The minimum Gasteiger partial charge on any atom is -0.453 e. The van der Waals surface area contributed by atoms with Gasteiger partial charge in [0.25, 0.3) is 0 Å². The number of carbonyl (C=O) groups excluding carboxylic acids is 1. The number of amides is 1. The van der Waals surface area contributed by atoms with Crippen LogP contribution in [0.2, 0.25) is 0 Å². The number of ether oxygens (including phenoxy) is 1. The number of aromatic nitrogens is 3. The predicted octanol–water partition coefficient (Wildman–Crippen LogP) is 3.61. The molecule has 1 unspecified atom stereocenters. The Labute approximate surface area is 184 Å². The highest BCUT2D eigenvalue weighted by Crippen LogP contribution is 2.32. The molecule has 8 heteroatoms. The summed E-state index contributed by atoms with van der Waals surface area (Å²) < 4.78 is 20.6. The molecule has 1 aliphatic rings. The van der Waals surface area contributed by atoms with Crippen LogP contribution in [0.15, 0.2) is 55.1 Å². The summed E-state index contributed by atoms with van der Waals surface area (Å²) in [5, 5.41) is 0.811. The van der Waals surface area contributed by atoms with Crippen molar-refractivity contribution in [3.63, 3.8) is 0 Å². The first-order valence-corrected chi connectivity index (χ1v) is 10.3. The molecule has 0 bridgehead atoms. The Morgan fingerprint density at radius 3 is 2.88 bits per heavy atom. The summed E-state index contributed by atoms with van der Waals surface area (Å²) in [5.74, 6) is -0.0522. The largest absolute Gasteiger partial charge is 0.453 e. The molecule has 3 N–H and O–H groups in total. The van der Waals surface area contributed by atoms with Gasteiger partial charge in [-0.3, -0.25) is 9.78 Å². The quantitative estimate of drug-likeness (QED) is 0.503. The van der Waals surface area contributed by atoms with Crippen molar-refractivity contribution >= 4 is 16.9 Å². The second-order valence-corrected chi connectivity index (χ2v) is 8.02. The molecule has 3 aromatic heterocycles. The zero-order chi connectivity index (χ0) is 22.2. The molecule has 32 heavy (non-hydrogen) atoms. The number of fused-ring (bicyclic) bond motifs is 2. The van der Waals surface area contributed by atoms with Crippen molar-refractivity contribution in [3.8, 4) is 11.5 Å². The molecule has 4 aromatic rings. The van der Waals surface area contributed by atoms with E-state index in [1.54, 1.807) is 41.7 Å². The van der Waals surface area contributed by atoms with Gasteiger partial charge in [-0.25, -0.2) is 9.37 Å². The summed E-state index contributed by atoms with van der Waals surface area (Å²) in [7, 11) is 0. The molecule has 0 aliphatic carbocycles.